The molecule has 0 rings (SSSR count). The topological polar surface area (TPSA) is 87.0 Å². The molecule has 1 atom stereocenters. The van der Waals surface area contributed by atoms with Gasteiger partial charge in [-0.1, -0.05) is 5.92 Å². The number of rotatable bonds is 1. The number of hydrogen-bond acceptors (Lipinski definition) is 4. The first-order chi connectivity index (χ1) is 4.66. The highest BCUT2D eigenvalue weighted by Crippen LogP contribution is 1.83. The van der Waals surface area contributed by atoms with Crippen LogP contribution in [0.25, 0.3) is 0 Å². The Hall–Kier alpha value is -1.25. The summed E-state index contributed by atoms with van der Waals surface area (Å²) in [6, 6.07) is 0. The molecular formula is C5H6O5. The molecule has 0 aromatic carbocycles. The third kappa shape index (κ3) is 4.90. The van der Waals surface area contributed by atoms with Crippen LogP contribution in [0.4, 0.5) is 4.79 Å². The highest BCUT2D eigenvalue weighted by molar-refractivity contribution is 5.57. The summed E-state index contributed by atoms with van der Waals surface area (Å²) in [5.74, 6) is 3.94. The minimum atomic E-state index is -1.68. The van der Waals surface area contributed by atoms with Gasteiger partial charge < -0.3 is 20.1 Å². The fourth-order valence-electron chi connectivity index (χ4n) is 0.258. The molecule has 0 heterocycles. The van der Waals surface area contributed by atoms with Crippen molar-refractivity contribution in [3.8, 4) is 11.8 Å². The predicted octanol–water partition coefficient (Wildman–Crippen LogP) is -1.00. The Kier molecular flexibility index (Phi) is 4.04. The van der Waals surface area contributed by atoms with Crippen LogP contribution in [0.3, 0.4) is 0 Å². The van der Waals surface area contributed by atoms with E-state index in [1.807, 2.05) is 11.8 Å². The van der Waals surface area contributed by atoms with Crippen LogP contribution < -0.4 is 0 Å². The molecule has 0 aromatic rings. The maximum atomic E-state index is 9.66. The van der Waals surface area contributed by atoms with Gasteiger partial charge in [-0.3, -0.25) is 0 Å². The van der Waals surface area contributed by atoms with Crippen LogP contribution in [0.2, 0.25) is 0 Å². The lowest BCUT2D eigenvalue weighted by atomic mass is 10.6. The number of carbonyl (C=O) groups is 1. The van der Waals surface area contributed by atoms with Crippen molar-refractivity contribution in [2.24, 2.45) is 0 Å². The molecule has 0 aliphatic rings. The molecule has 0 aromatic heterocycles. The highest BCUT2D eigenvalue weighted by Gasteiger charge is 2.03. The van der Waals surface area contributed by atoms with Crippen molar-refractivity contribution < 1.29 is 24.9 Å². The van der Waals surface area contributed by atoms with Gasteiger partial charge in [0.05, 0.1) is 0 Å². The first kappa shape index (κ1) is 8.75. The molecule has 0 radical (unpaired) electrons. The normalized spacial score (nSPS) is 11.0. The van der Waals surface area contributed by atoms with E-state index in [0.29, 0.717) is 0 Å². The predicted molar refractivity (Wildman–Crippen MR) is 30.0 cm³/mol. The van der Waals surface area contributed by atoms with Crippen molar-refractivity contribution in [3.05, 3.63) is 0 Å². The van der Waals surface area contributed by atoms with Crippen LogP contribution in [0.15, 0.2) is 0 Å². The van der Waals surface area contributed by atoms with Gasteiger partial charge in [-0.2, -0.15) is 0 Å². The fourth-order valence-corrected chi connectivity index (χ4v) is 0.258. The number of carboxylic acid groups (broad SMARTS) is 1. The molecule has 0 saturated carbocycles. The van der Waals surface area contributed by atoms with Crippen LogP contribution in [0.5, 0.6) is 0 Å². The van der Waals surface area contributed by atoms with E-state index in [0.717, 1.165) is 0 Å². The smallest absolute Gasteiger partial charge is 0.450 e. The Bertz CT molecular complexity index is 165. The van der Waals surface area contributed by atoms with Crippen molar-refractivity contribution in [2.75, 3.05) is 6.61 Å². The van der Waals surface area contributed by atoms with Crippen LogP contribution in [-0.2, 0) is 4.74 Å². The van der Waals surface area contributed by atoms with E-state index in [-0.39, 0.29) is 0 Å². The van der Waals surface area contributed by atoms with E-state index in [1.165, 1.54) is 0 Å². The van der Waals surface area contributed by atoms with Crippen molar-refractivity contribution >= 4 is 6.16 Å². The Labute approximate surface area is 56.9 Å². The van der Waals surface area contributed by atoms with Crippen LogP contribution >= 0.6 is 0 Å². The summed E-state index contributed by atoms with van der Waals surface area (Å²) < 4.78 is 3.74. The van der Waals surface area contributed by atoms with E-state index in [9.17, 15) is 4.79 Å². The summed E-state index contributed by atoms with van der Waals surface area (Å²) in [6.07, 6.45) is -3.29. The lowest BCUT2D eigenvalue weighted by Crippen LogP contribution is -2.13. The van der Waals surface area contributed by atoms with Crippen LogP contribution in [-0.4, -0.2) is 34.4 Å². The Morgan fingerprint density at radius 2 is 2.30 bits per heavy atom. The molecule has 3 N–H and O–H groups in total. The summed E-state index contributed by atoms with van der Waals surface area (Å²) >= 11 is 0. The highest BCUT2D eigenvalue weighted by atomic mass is 16.7. The van der Waals surface area contributed by atoms with E-state index in [4.69, 9.17) is 15.3 Å². The standard InChI is InChI=1S/C5H6O5/c6-3-1-2-4(7)10-5(8)9/h4,6-7H,3H2,(H,8,9). The summed E-state index contributed by atoms with van der Waals surface area (Å²) in [4.78, 5) is 9.66. The largest absolute Gasteiger partial charge is 0.508 e. The van der Waals surface area contributed by atoms with Gasteiger partial charge in [0.25, 0.3) is 6.29 Å². The molecule has 0 fully saturated rings. The minimum absolute atomic E-state index is 0.444. The zero-order chi connectivity index (χ0) is 7.98. The number of aliphatic hydroxyl groups excluding tert-OH is 2. The first-order valence-electron chi connectivity index (χ1n) is 2.33. The second-order valence-corrected chi connectivity index (χ2v) is 1.22. The van der Waals surface area contributed by atoms with Gasteiger partial charge in [0.15, 0.2) is 0 Å². The maximum absolute atomic E-state index is 9.66. The zero-order valence-corrected chi connectivity index (χ0v) is 4.94. The lowest BCUT2D eigenvalue weighted by molar-refractivity contribution is -0.0322. The van der Waals surface area contributed by atoms with E-state index in [2.05, 4.69) is 4.74 Å². The van der Waals surface area contributed by atoms with E-state index < -0.39 is 19.1 Å². The Balaban J connectivity index is 3.63. The van der Waals surface area contributed by atoms with Gasteiger partial charge in [-0.25, -0.2) is 4.79 Å². The molecular weight excluding hydrogens is 140 g/mol. The molecule has 5 heteroatoms. The van der Waals surface area contributed by atoms with E-state index >= 15 is 0 Å². The number of aliphatic hydroxyl groups is 2. The van der Waals surface area contributed by atoms with E-state index in [1.54, 1.807) is 0 Å². The molecule has 0 amide bonds. The number of ether oxygens (including phenoxy) is 1. The average Bonchev–Trinajstić information content (AvgIpc) is 1.82. The molecule has 0 aliphatic carbocycles. The van der Waals surface area contributed by atoms with Crippen molar-refractivity contribution in [1.29, 1.82) is 0 Å². The Morgan fingerprint density at radius 1 is 1.70 bits per heavy atom. The maximum Gasteiger partial charge on any atom is 0.508 e. The minimum Gasteiger partial charge on any atom is -0.450 e. The fraction of sp³-hybridized carbons (Fsp3) is 0.400. The van der Waals surface area contributed by atoms with Gasteiger partial charge in [0, 0.05) is 0 Å². The number of hydrogen-bond donors (Lipinski definition) is 3. The van der Waals surface area contributed by atoms with Gasteiger partial charge in [0.1, 0.15) is 6.61 Å². The molecule has 56 valence electrons. The molecule has 0 spiro atoms. The summed E-state index contributed by atoms with van der Waals surface area (Å²) in [7, 11) is 0. The Morgan fingerprint density at radius 3 is 2.70 bits per heavy atom. The first-order valence-corrected chi connectivity index (χ1v) is 2.33. The molecule has 0 saturated heterocycles. The van der Waals surface area contributed by atoms with Gasteiger partial charge >= 0.3 is 6.16 Å². The third-order valence-electron chi connectivity index (χ3n) is 0.517. The lowest BCUT2D eigenvalue weighted by Gasteiger charge is -1.98. The van der Waals surface area contributed by atoms with Crippen molar-refractivity contribution in [3.63, 3.8) is 0 Å². The monoisotopic (exact) mass is 146 g/mol. The molecule has 1 unspecified atom stereocenters. The summed E-state index contributed by atoms with van der Waals surface area (Å²) in [6.45, 7) is -0.444. The van der Waals surface area contributed by atoms with Gasteiger partial charge in [0.2, 0.25) is 0 Å². The van der Waals surface area contributed by atoms with Gasteiger partial charge in [-0.05, 0) is 5.92 Å². The van der Waals surface area contributed by atoms with Crippen molar-refractivity contribution in [2.45, 2.75) is 6.29 Å². The SMILES string of the molecule is O=C(O)OC(O)C#CCO. The van der Waals surface area contributed by atoms with Crippen molar-refractivity contribution in [1.82, 2.24) is 0 Å². The van der Waals surface area contributed by atoms with Gasteiger partial charge in [-0.15, -0.1) is 0 Å². The average molecular weight is 146 g/mol. The zero-order valence-electron chi connectivity index (χ0n) is 4.94. The summed E-state index contributed by atoms with van der Waals surface area (Å²) in [5, 5.41) is 24.4. The van der Waals surface area contributed by atoms with Crippen LogP contribution in [0, 0.1) is 11.8 Å². The second-order valence-electron chi connectivity index (χ2n) is 1.22. The molecule has 10 heavy (non-hydrogen) atoms. The van der Waals surface area contributed by atoms with Crippen LogP contribution in [0.1, 0.15) is 0 Å². The third-order valence-corrected chi connectivity index (χ3v) is 0.517. The molecule has 5 nitrogen and oxygen atoms in total. The summed E-state index contributed by atoms with van der Waals surface area (Å²) in [5.41, 5.74) is 0. The second kappa shape index (κ2) is 4.61. The molecule has 0 aliphatic heterocycles. The molecule has 0 bridgehead atoms. The quantitative estimate of drug-likeness (QED) is 0.251.